The van der Waals surface area contributed by atoms with E-state index in [1.54, 1.807) is 11.0 Å². The van der Waals surface area contributed by atoms with Gasteiger partial charge < -0.3 is 10.2 Å². The van der Waals surface area contributed by atoms with Gasteiger partial charge in [-0.3, -0.25) is 9.59 Å². The Bertz CT molecular complexity index is 1060. The molecule has 0 bridgehead atoms. The summed E-state index contributed by atoms with van der Waals surface area (Å²) in [5, 5.41) is 2.96. The molecule has 4 nitrogen and oxygen atoms in total. The van der Waals surface area contributed by atoms with E-state index < -0.39 is 0 Å². The number of benzene rings is 3. The molecule has 0 aliphatic heterocycles. The zero-order valence-corrected chi connectivity index (χ0v) is 18.0. The van der Waals surface area contributed by atoms with Gasteiger partial charge in [0.1, 0.15) is 5.82 Å². The Morgan fingerprint density at radius 1 is 0.875 bits per heavy atom. The first-order chi connectivity index (χ1) is 15.6. The predicted molar refractivity (Wildman–Crippen MR) is 124 cm³/mol. The maximum Gasteiger partial charge on any atom is 0.230 e. The highest BCUT2D eigenvalue weighted by atomic mass is 19.1. The Morgan fingerprint density at radius 3 is 2.28 bits per heavy atom. The van der Waals surface area contributed by atoms with Gasteiger partial charge in [0.2, 0.25) is 11.8 Å². The second kappa shape index (κ2) is 10.2. The first-order valence-electron chi connectivity index (χ1n) is 11.0. The van der Waals surface area contributed by atoms with E-state index in [1.165, 1.54) is 17.7 Å². The van der Waals surface area contributed by atoms with Crippen LogP contribution >= 0.6 is 0 Å². The van der Waals surface area contributed by atoms with Gasteiger partial charge >= 0.3 is 0 Å². The molecule has 1 N–H and O–H groups in total. The van der Waals surface area contributed by atoms with Crippen LogP contribution in [0, 0.1) is 11.7 Å². The van der Waals surface area contributed by atoms with Crippen LogP contribution in [0.15, 0.2) is 78.9 Å². The number of hydrogen-bond donors (Lipinski definition) is 1. The van der Waals surface area contributed by atoms with E-state index in [1.807, 2.05) is 60.7 Å². The highest BCUT2D eigenvalue weighted by molar-refractivity contribution is 5.96. The minimum absolute atomic E-state index is 0.0284. The summed E-state index contributed by atoms with van der Waals surface area (Å²) < 4.78 is 13.6. The van der Waals surface area contributed by atoms with E-state index in [9.17, 15) is 14.0 Å². The van der Waals surface area contributed by atoms with E-state index in [-0.39, 0.29) is 30.0 Å². The fourth-order valence-corrected chi connectivity index (χ4v) is 3.70. The third-order valence-electron chi connectivity index (χ3n) is 5.61. The Hall–Kier alpha value is -3.47. The molecule has 0 saturated heterocycles. The summed E-state index contributed by atoms with van der Waals surface area (Å²) in [6.07, 6.45) is 2.89. The number of amides is 2. The summed E-state index contributed by atoms with van der Waals surface area (Å²) in [6.45, 7) is 0.921. The molecule has 1 aliphatic carbocycles. The van der Waals surface area contributed by atoms with Crippen LogP contribution in [0.25, 0.3) is 0 Å². The van der Waals surface area contributed by atoms with Crippen molar-refractivity contribution in [2.24, 2.45) is 5.92 Å². The van der Waals surface area contributed by atoms with Crippen molar-refractivity contribution in [2.45, 2.75) is 32.2 Å². The molecular formula is C27H27FN2O2. The van der Waals surface area contributed by atoms with E-state index in [0.717, 1.165) is 36.1 Å². The number of nitrogens with zero attached hydrogens (tertiary/aromatic N) is 1. The molecule has 0 radical (unpaired) electrons. The average molecular weight is 431 g/mol. The Morgan fingerprint density at radius 2 is 1.59 bits per heavy atom. The van der Waals surface area contributed by atoms with E-state index in [0.29, 0.717) is 13.1 Å². The molecule has 1 saturated carbocycles. The van der Waals surface area contributed by atoms with E-state index >= 15 is 0 Å². The Labute approximate surface area is 188 Å². The van der Waals surface area contributed by atoms with Crippen LogP contribution in [0.2, 0.25) is 0 Å². The number of carbonyl (C=O) groups excluding carboxylic acids is 2. The zero-order chi connectivity index (χ0) is 22.3. The molecule has 3 aromatic rings. The quantitative estimate of drug-likeness (QED) is 0.536. The van der Waals surface area contributed by atoms with Crippen LogP contribution in [-0.2, 0) is 29.0 Å². The maximum atomic E-state index is 13.6. The van der Waals surface area contributed by atoms with Gasteiger partial charge in [-0.2, -0.15) is 0 Å². The minimum Gasteiger partial charge on any atom is -0.355 e. The lowest BCUT2D eigenvalue weighted by atomic mass is 10.1. The van der Waals surface area contributed by atoms with E-state index in [2.05, 4.69) is 5.32 Å². The van der Waals surface area contributed by atoms with Crippen molar-refractivity contribution < 1.29 is 14.0 Å². The molecule has 5 heteroatoms. The van der Waals surface area contributed by atoms with Gasteiger partial charge in [0.05, 0.1) is 13.0 Å². The summed E-state index contributed by atoms with van der Waals surface area (Å²) in [5.41, 5.74) is 3.59. The molecule has 1 aliphatic rings. The van der Waals surface area contributed by atoms with Crippen molar-refractivity contribution in [1.29, 1.82) is 0 Å². The van der Waals surface area contributed by atoms with Crippen molar-refractivity contribution in [2.75, 3.05) is 11.4 Å². The molecule has 1 fully saturated rings. The third kappa shape index (κ3) is 6.03. The molecule has 164 valence electrons. The van der Waals surface area contributed by atoms with Crippen LogP contribution in [0.5, 0.6) is 0 Å². The highest BCUT2D eigenvalue weighted by Gasteiger charge is 2.34. The summed E-state index contributed by atoms with van der Waals surface area (Å²) in [6, 6.07) is 23.9. The number of hydrogen-bond acceptors (Lipinski definition) is 2. The topological polar surface area (TPSA) is 49.4 Å². The van der Waals surface area contributed by atoms with Gasteiger partial charge in [-0.15, -0.1) is 0 Å². The summed E-state index contributed by atoms with van der Waals surface area (Å²) >= 11 is 0. The lowest BCUT2D eigenvalue weighted by molar-refractivity contribution is -0.121. The number of anilines is 1. The minimum atomic E-state index is -0.310. The fraction of sp³-hybridized carbons (Fsp3) is 0.259. The average Bonchev–Trinajstić information content (AvgIpc) is 3.64. The monoisotopic (exact) mass is 430 g/mol. The third-order valence-corrected chi connectivity index (χ3v) is 5.61. The number of halogens is 1. The molecule has 4 rings (SSSR count). The van der Waals surface area contributed by atoms with Gasteiger partial charge in [-0.25, -0.2) is 4.39 Å². The molecule has 2 amide bonds. The van der Waals surface area contributed by atoms with E-state index in [4.69, 9.17) is 0 Å². The molecule has 0 heterocycles. The van der Waals surface area contributed by atoms with Gasteiger partial charge in [0.25, 0.3) is 0 Å². The number of rotatable bonds is 9. The van der Waals surface area contributed by atoms with Crippen LogP contribution < -0.4 is 10.2 Å². The van der Waals surface area contributed by atoms with Gasteiger partial charge in [0, 0.05) is 18.2 Å². The Balaban J connectivity index is 1.36. The second-order valence-corrected chi connectivity index (χ2v) is 8.26. The van der Waals surface area contributed by atoms with Crippen molar-refractivity contribution in [3.8, 4) is 0 Å². The molecule has 0 aromatic heterocycles. The predicted octanol–water partition coefficient (Wildman–Crippen LogP) is 4.67. The SMILES string of the molecule is O=C(Cc1ccc(N(Cc2cccc(F)c2)C(=O)C2CC2)cc1)NCCc1ccccc1. The molecule has 0 spiro atoms. The number of carbonyl (C=O) groups is 2. The summed E-state index contributed by atoms with van der Waals surface area (Å²) in [7, 11) is 0. The molecule has 0 atom stereocenters. The van der Waals surface area contributed by atoms with Crippen LogP contribution in [0.4, 0.5) is 10.1 Å². The first-order valence-corrected chi connectivity index (χ1v) is 11.0. The van der Waals surface area contributed by atoms with Gasteiger partial charge in [-0.1, -0.05) is 54.6 Å². The highest BCUT2D eigenvalue weighted by Crippen LogP contribution is 2.33. The van der Waals surface area contributed by atoms with Crippen LogP contribution in [0.3, 0.4) is 0 Å². The van der Waals surface area contributed by atoms with Crippen LogP contribution in [-0.4, -0.2) is 18.4 Å². The van der Waals surface area contributed by atoms with Gasteiger partial charge in [0.15, 0.2) is 0 Å². The lowest BCUT2D eigenvalue weighted by Crippen LogP contribution is -2.31. The van der Waals surface area contributed by atoms with Crippen molar-refractivity contribution >= 4 is 17.5 Å². The van der Waals surface area contributed by atoms with Gasteiger partial charge in [-0.05, 0) is 60.2 Å². The second-order valence-electron chi connectivity index (χ2n) is 8.26. The standard InChI is InChI=1S/C27H27FN2O2/c28-24-8-4-7-22(17-24)19-30(27(32)23-11-12-23)25-13-9-21(10-14-25)18-26(31)29-16-15-20-5-2-1-3-6-20/h1-10,13-14,17,23H,11-12,15-16,18-19H2,(H,29,31). The fourth-order valence-electron chi connectivity index (χ4n) is 3.70. The zero-order valence-electron chi connectivity index (χ0n) is 18.0. The molecular weight excluding hydrogens is 403 g/mol. The van der Waals surface area contributed by atoms with Crippen molar-refractivity contribution in [3.63, 3.8) is 0 Å². The summed E-state index contributed by atoms with van der Waals surface area (Å²) in [4.78, 5) is 26.9. The lowest BCUT2D eigenvalue weighted by Gasteiger charge is -2.23. The summed E-state index contributed by atoms with van der Waals surface area (Å²) in [5.74, 6) is -0.214. The maximum absolute atomic E-state index is 13.6. The number of nitrogens with one attached hydrogen (secondary N) is 1. The largest absolute Gasteiger partial charge is 0.355 e. The Kier molecular flexibility index (Phi) is 6.95. The van der Waals surface area contributed by atoms with Crippen LogP contribution in [0.1, 0.15) is 29.5 Å². The first kappa shape index (κ1) is 21.8. The smallest absolute Gasteiger partial charge is 0.230 e. The normalized spacial score (nSPS) is 12.9. The molecule has 3 aromatic carbocycles. The van der Waals surface area contributed by atoms with Crippen molar-refractivity contribution in [3.05, 3.63) is 101 Å². The van der Waals surface area contributed by atoms with Crippen molar-refractivity contribution in [1.82, 2.24) is 5.32 Å². The molecule has 0 unspecified atom stereocenters. The molecule has 32 heavy (non-hydrogen) atoms.